The molecule has 0 spiro atoms. The van der Waals surface area contributed by atoms with Crippen molar-refractivity contribution in [1.82, 2.24) is 14.2 Å². The zero-order valence-corrected chi connectivity index (χ0v) is 22.9. The number of hydrogen-bond donors (Lipinski definition) is 1. The summed E-state index contributed by atoms with van der Waals surface area (Å²) in [6, 6.07) is 23.2. The number of carbonyl (C=O) groups is 1. The predicted molar refractivity (Wildman–Crippen MR) is 161 cm³/mol. The van der Waals surface area contributed by atoms with E-state index in [-0.39, 0.29) is 23.9 Å². The van der Waals surface area contributed by atoms with Gasteiger partial charge in [0.2, 0.25) is 5.91 Å². The van der Waals surface area contributed by atoms with E-state index in [1.165, 1.54) is 11.1 Å². The Morgan fingerprint density at radius 2 is 1.65 bits per heavy atom. The Morgan fingerprint density at radius 1 is 0.950 bits per heavy atom. The Kier molecular flexibility index (Phi) is 7.03. The molecule has 7 nitrogen and oxygen atoms in total. The maximum absolute atomic E-state index is 13.7. The number of hydrogen-bond acceptors (Lipinski definition) is 4. The molecule has 1 N–H and O–H groups in total. The van der Waals surface area contributed by atoms with Gasteiger partial charge in [-0.2, -0.15) is 9.78 Å². The van der Waals surface area contributed by atoms with Gasteiger partial charge >= 0.3 is 0 Å². The molecule has 7 heteroatoms. The number of aryl methyl sites for hydroxylation is 1. The summed E-state index contributed by atoms with van der Waals surface area (Å²) in [7, 11) is 0. The minimum absolute atomic E-state index is 0.106. The molecule has 5 aromatic rings. The van der Waals surface area contributed by atoms with E-state index in [4.69, 9.17) is 10.1 Å². The monoisotopic (exact) mass is 531 g/mol. The molecule has 0 saturated heterocycles. The summed E-state index contributed by atoms with van der Waals surface area (Å²) in [6.45, 7) is 4.17. The number of amides is 1. The Morgan fingerprint density at radius 3 is 2.42 bits per heavy atom. The topological polar surface area (TPSA) is 81.3 Å². The molecule has 0 unspecified atom stereocenters. The molecule has 1 aliphatic rings. The molecular weight excluding hydrogens is 498 g/mol. The second kappa shape index (κ2) is 10.9. The van der Waals surface area contributed by atoms with Crippen molar-refractivity contribution in [2.24, 2.45) is 5.10 Å². The lowest BCUT2D eigenvalue weighted by Crippen LogP contribution is -2.25. The summed E-state index contributed by atoms with van der Waals surface area (Å²) in [5.74, 6) is 0.834. The first-order valence-electron chi connectivity index (χ1n) is 14.0. The molecule has 6 rings (SSSR count). The second-order valence-electron chi connectivity index (χ2n) is 10.7. The van der Waals surface area contributed by atoms with Crippen molar-refractivity contribution in [3.63, 3.8) is 0 Å². The van der Waals surface area contributed by atoms with Gasteiger partial charge in [0, 0.05) is 33.8 Å². The summed E-state index contributed by atoms with van der Waals surface area (Å²) >= 11 is 0. The van der Waals surface area contributed by atoms with Crippen LogP contribution in [0.2, 0.25) is 0 Å². The van der Waals surface area contributed by atoms with Crippen molar-refractivity contribution in [2.75, 3.05) is 5.32 Å². The molecule has 1 fully saturated rings. The van der Waals surface area contributed by atoms with Crippen LogP contribution in [0.4, 0.5) is 5.69 Å². The average Bonchev–Trinajstić information content (AvgIpc) is 3.24. The highest BCUT2D eigenvalue weighted by molar-refractivity contribution is 6.02. The summed E-state index contributed by atoms with van der Waals surface area (Å²) in [4.78, 5) is 31.6. The molecule has 40 heavy (non-hydrogen) atoms. The number of nitrogens with one attached hydrogen (secondary N) is 1. The van der Waals surface area contributed by atoms with Crippen molar-refractivity contribution >= 4 is 39.6 Å². The number of nitrogens with zero attached hydrogens (tertiary/aromatic N) is 4. The first kappa shape index (κ1) is 25.7. The number of benzene rings is 3. The number of rotatable bonds is 6. The molecule has 0 aliphatic heterocycles. The van der Waals surface area contributed by atoms with Gasteiger partial charge in [-0.25, -0.2) is 4.98 Å². The van der Waals surface area contributed by atoms with Crippen molar-refractivity contribution in [3.05, 3.63) is 106 Å². The Bertz CT molecular complexity index is 1790. The van der Waals surface area contributed by atoms with Crippen LogP contribution in [0.3, 0.4) is 0 Å². The van der Waals surface area contributed by atoms with Gasteiger partial charge in [-0.1, -0.05) is 67.3 Å². The zero-order chi connectivity index (χ0) is 27.6. The van der Waals surface area contributed by atoms with Gasteiger partial charge in [0.1, 0.15) is 12.4 Å². The predicted octanol–water partition coefficient (Wildman–Crippen LogP) is 6.54. The lowest BCUT2D eigenvalue weighted by atomic mass is 9.88. The van der Waals surface area contributed by atoms with Crippen LogP contribution in [-0.2, 0) is 11.3 Å². The number of carbonyl (C=O) groups excluding carboxylic acids is 1. The average molecular weight is 532 g/mol. The third-order valence-electron chi connectivity index (χ3n) is 7.97. The number of anilines is 1. The smallest absolute Gasteiger partial charge is 0.282 e. The van der Waals surface area contributed by atoms with Gasteiger partial charge in [0.05, 0.1) is 17.1 Å². The van der Waals surface area contributed by atoms with Crippen LogP contribution in [0.1, 0.15) is 60.7 Å². The second-order valence-corrected chi connectivity index (χ2v) is 10.7. The lowest BCUT2D eigenvalue weighted by Gasteiger charge is -2.22. The molecule has 0 bridgehead atoms. The standard InChI is InChI=1S/C33H33N5O2/c1-22-16-18-25(19-17-22)35-31(39)21-37-23(2)28(26-12-7-9-15-30(26)37)20-34-38-32(24-10-4-3-5-11-24)36-29-14-8-6-13-27(29)33(38)40/h6-9,12-20,24H,3-5,10-11,21H2,1-2H3,(H,35,39). The first-order chi connectivity index (χ1) is 19.5. The Labute approximate surface area is 233 Å². The van der Waals surface area contributed by atoms with Gasteiger partial charge in [0.15, 0.2) is 0 Å². The normalized spacial score (nSPS) is 14.3. The molecule has 2 heterocycles. The quantitative estimate of drug-likeness (QED) is 0.253. The van der Waals surface area contributed by atoms with Gasteiger partial charge in [0.25, 0.3) is 5.56 Å². The lowest BCUT2D eigenvalue weighted by molar-refractivity contribution is -0.116. The van der Waals surface area contributed by atoms with E-state index >= 15 is 0 Å². The molecular formula is C33H33N5O2. The molecule has 1 amide bonds. The Balaban J connectivity index is 1.39. The maximum atomic E-state index is 13.7. The summed E-state index contributed by atoms with van der Waals surface area (Å²) in [6.07, 6.45) is 7.26. The van der Waals surface area contributed by atoms with E-state index < -0.39 is 0 Å². The molecule has 202 valence electrons. The van der Waals surface area contributed by atoms with E-state index in [2.05, 4.69) is 5.32 Å². The molecule has 0 atom stereocenters. The SMILES string of the molecule is Cc1ccc(NC(=O)Cn2c(C)c(C=Nn3c(C4CCCCC4)nc4ccccc4c3=O)c3ccccc32)cc1. The summed E-state index contributed by atoms with van der Waals surface area (Å²) in [5, 5.41) is 9.32. The molecule has 3 aromatic carbocycles. The van der Waals surface area contributed by atoms with Crippen molar-refractivity contribution in [1.29, 1.82) is 0 Å². The maximum Gasteiger partial charge on any atom is 0.282 e. The van der Waals surface area contributed by atoms with Gasteiger partial charge < -0.3 is 9.88 Å². The largest absolute Gasteiger partial charge is 0.335 e. The van der Waals surface area contributed by atoms with Gasteiger partial charge in [-0.05, 0) is 57.0 Å². The van der Waals surface area contributed by atoms with Crippen molar-refractivity contribution in [3.8, 4) is 0 Å². The number of para-hydroxylation sites is 2. The van der Waals surface area contributed by atoms with E-state index in [0.29, 0.717) is 10.9 Å². The van der Waals surface area contributed by atoms with E-state index in [1.54, 1.807) is 6.21 Å². The fourth-order valence-corrected chi connectivity index (χ4v) is 5.80. The minimum atomic E-state index is -0.152. The van der Waals surface area contributed by atoms with Crippen LogP contribution in [0, 0.1) is 13.8 Å². The van der Waals surface area contributed by atoms with Gasteiger partial charge in [-0.15, -0.1) is 0 Å². The highest BCUT2D eigenvalue weighted by Gasteiger charge is 2.23. The van der Waals surface area contributed by atoms with Crippen LogP contribution in [0.25, 0.3) is 21.8 Å². The van der Waals surface area contributed by atoms with Crippen LogP contribution >= 0.6 is 0 Å². The van der Waals surface area contributed by atoms with E-state index in [1.807, 2.05) is 91.2 Å². The minimum Gasteiger partial charge on any atom is -0.335 e. The molecule has 0 radical (unpaired) electrons. The van der Waals surface area contributed by atoms with E-state index in [9.17, 15) is 9.59 Å². The highest BCUT2D eigenvalue weighted by Crippen LogP contribution is 2.32. The van der Waals surface area contributed by atoms with Crippen molar-refractivity contribution in [2.45, 2.75) is 58.4 Å². The third kappa shape index (κ3) is 4.95. The van der Waals surface area contributed by atoms with Crippen LogP contribution in [-0.4, -0.2) is 26.3 Å². The highest BCUT2D eigenvalue weighted by atomic mass is 16.2. The first-order valence-corrected chi connectivity index (χ1v) is 14.0. The summed E-state index contributed by atoms with van der Waals surface area (Å²) < 4.78 is 3.51. The number of fused-ring (bicyclic) bond motifs is 2. The van der Waals surface area contributed by atoms with Gasteiger partial charge in [-0.3, -0.25) is 9.59 Å². The number of aromatic nitrogens is 3. The molecule has 1 aliphatic carbocycles. The fraction of sp³-hybridized carbons (Fsp3) is 0.273. The van der Waals surface area contributed by atoms with Crippen LogP contribution < -0.4 is 10.9 Å². The van der Waals surface area contributed by atoms with Crippen LogP contribution in [0.15, 0.2) is 82.7 Å². The molecule has 2 aromatic heterocycles. The van der Waals surface area contributed by atoms with Crippen LogP contribution in [0.5, 0.6) is 0 Å². The summed E-state index contributed by atoms with van der Waals surface area (Å²) in [5.41, 5.74) is 5.20. The molecule has 1 saturated carbocycles. The third-order valence-corrected chi connectivity index (χ3v) is 7.97. The Hall–Kier alpha value is -4.52. The fourth-order valence-electron chi connectivity index (χ4n) is 5.80. The van der Waals surface area contributed by atoms with E-state index in [0.717, 1.165) is 64.9 Å². The van der Waals surface area contributed by atoms with Crippen molar-refractivity contribution < 1.29 is 4.79 Å². The zero-order valence-electron chi connectivity index (χ0n) is 22.9.